The van der Waals surface area contributed by atoms with Crippen molar-refractivity contribution in [2.75, 3.05) is 20.2 Å². The molecule has 0 amide bonds. The monoisotopic (exact) mass is 343 g/mol. The molecular formula is C19H29N5O. The molecule has 0 aliphatic carbocycles. The molecule has 1 saturated heterocycles. The van der Waals surface area contributed by atoms with E-state index in [1.165, 1.54) is 25.7 Å². The summed E-state index contributed by atoms with van der Waals surface area (Å²) >= 11 is 0. The maximum absolute atomic E-state index is 5.67. The molecule has 0 spiro atoms. The van der Waals surface area contributed by atoms with Gasteiger partial charge in [-0.05, 0) is 63.2 Å². The predicted octanol–water partition coefficient (Wildman–Crippen LogP) is 3.40. The summed E-state index contributed by atoms with van der Waals surface area (Å²) < 4.78 is 7.62. The number of nitrogens with zero attached hydrogens (tertiary/aromatic N) is 5. The largest absolute Gasteiger partial charge is 0.496 e. The van der Waals surface area contributed by atoms with Crippen molar-refractivity contribution in [1.29, 1.82) is 0 Å². The van der Waals surface area contributed by atoms with Gasteiger partial charge >= 0.3 is 0 Å². The SMILES string of the molecule is COc1ccccc1[C@H](c1nnnn1C(C)(C)C)N1CCCCCC1. The first kappa shape index (κ1) is 17.9. The summed E-state index contributed by atoms with van der Waals surface area (Å²) in [4.78, 5) is 2.51. The van der Waals surface area contributed by atoms with Crippen molar-refractivity contribution in [3.63, 3.8) is 0 Å². The van der Waals surface area contributed by atoms with Gasteiger partial charge in [0, 0.05) is 5.56 Å². The van der Waals surface area contributed by atoms with Crippen LogP contribution in [0.2, 0.25) is 0 Å². The Labute approximate surface area is 150 Å². The van der Waals surface area contributed by atoms with Gasteiger partial charge in [0.1, 0.15) is 11.8 Å². The first-order valence-electron chi connectivity index (χ1n) is 9.18. The summed E-state index contributed by atoms with van der Waals surface area (Å²) in [7, 11) is 1.73. The van der Waals surface area contributed by atoms with Crippen molar-refractivity contribution in [3.05, 3.63) is 35.7 Å². The lowest BCUT2D eigenvalue weighted by Gasteiger charge is -2.32. The first-order chi connectivity index (χ1) is 12.0. The average molecular weight is 343 g/mol. The highest BCUT2D eigenvalue weighted by molar-refractivity contribution is 5.39. The highest BCUT2D eigenvalue weighted by Gasteiger charge is 2.33. The summed E-state index contributed by atoms with van der Waals surface area (Å²) in [5.74, 6) is 1.78. The molecule has 2 aromatic rings. The Morgan fingerprint density at radius 2 is 1.72 bits per heavy atom. The van der Waals surface area contributed by atoms with Gasteiger partial charge in [0.2, 0.25) is 0 Å². The van der Waals surface area contributed by atoms with E-state index in [0.29, 0.717) is 0 Å². The quantitative estimate of drug-likeness (QED) is 0.851. The molecule has 6 heteroatoms. The Balaban J connectivity index is 2.11. The zero-order valence-electron chi connectivity index (χ0n) is 15.8. The van der Waals surface area contributed by atoms with Gasteiger partial charge in [-0.3, -0.25) is 4.90 Å². The Morgan fingerprint density at radius 1 is 1.04 bits per heavy atom. The van der Waals surface area contributed by atoms with E-state index in [1.54, 1.807) is 7.11 Å². The Kier molecular flexibility index (Phi) is 5.37. The molecule has 0 radical (unpaired) electrons. The zero-order chi connectivity index (χ0) is 17.9. The van der Waals surface area contributed by atoms with Crippen LogP contribution >= 0.6 is 0 Å². The van der Waals surface area contributed by atoms with Crippen molar-refractivity contribution >= 4 is 0 Å². The second kappa shape index (κ2) is 7.52. The van der Waals surface area contributed by atoms with Crippen LogP contribution in [0.15, 0.2) is 24.3 Å². The molecule has 25 heavy (non-hydrogen) atoms. The van der Waals surface area contributed by atoms with Crippen LogP contribution < -0.4 is 4.74 Å². The number of rotatable bonds is 4. The number of ether oxygens (including phenoxy) is 1. The van der Waals surface area contributed by atoms with Gasteiger partial charge < -0.3 is 4.74 Å². The van der Waals surface area contributed by atoms with Crippen molar-refractivity contribution in [1.82, 2.24) is 25.1 Å². The summed E-state index contributed by atoms with van der Waals surface area (Å²) in [5.41, 5.74) is 0.956. The van der Waals surface area contributed by atoms with Gasteiger partial charge in [0.25, 0.3) is 0 Å². The molecule has 1 aromatic carbocycles. The van der Waals surface area contributed by atoms with E-state index < -0.39 is 0 Å². The Morgan fingerprint density at radius 3 is 2.36 bits per heavy atom. The minimum absolute atomic E-state index is 0.00322. The zero-order valence-corrected chi connectivity index (χ0v) is 15.8. The number of tetrazole rings is 1. The van der Waals surface area contributed by atoms with Crippen LogP contribution in [0.5, 0.6) is 5.75 Å². The molecule has 0 saturated carbocycles. The molecule has 1 atom stereocenters. The highest BCUT2D eigenvalue weighted by Crippen LogP contribution is 2.36. The van der Waals surface area contributed by atoms with Crippen LogP contribution in [0.25, 0.3) is 0 Å². The fraction of sp³-hybridized carbons (Fsp3) is 0.632. The molecule has 1 aromatic heterocycles. The fourth-order valence-corrected chi connectivity index (χ4v) is 3.59. The number of hydrogen-bond acceptors (Lipinski definition) is 5. The van der Waals surface area contributed by atoms with Crippen molar-refractivity contribution in [2.24, 2.45) is 0 Å². The maximum Gasteiger partial charge on any atom is 0.173 e. The number of aromatic nitrogens is 4. The molecule has 6 nitrogen and oxygen atoms in total. The van der Waals surface area contributed by atoms with Gasteiger partial charge in [0.15, 0.2) is 5.82 Å². The molecule has 1 aliphatic heterocycles. The molecule has 1 aliphatic rings. The Bertz CT molecular complexity index is 683. The minimum Gasteiger partial charge on any atom is -0.496 e. The molecule has 136 valence electrons. The second-order valence-corrected chi connectivity index (χ2v) is 7.71. The number of likely N-dealkylation sites (tertiary alicyclic amines) is 1. The minimum atomic E-state index is -0.176. The maximum atomic E-state index is 5.67. The molecule has 0 N–H and O–H groups in total. The van der Waals surface area contributed by atoms with E-state index in [9.17, 15) is 0 Å². The van der Waals surface area contributed by atoms with E-state index in [0.717, 1.165) is 30.2 Å². The third kappa shape index (κ3) is 3.84. The first-order valence-corrected chi connectivity index (χ1v) is 9.18. The summed E-state index contributed by atoms with van der Waals surface area (Å²) in [5, 5.41) is 12.7. The lowest BCUT2D eigenvalue weighted by atomic mass is 10.0. The Hall–Kier alpha value is -1.95. The van der Waals surface area contributed by atoms with Crippen molar-refractivity contribution < 1.29 is 4.74 Å². The third-order valence-electron chi connectivity index (χ3n) is 4.81. The summed E-state index contributed by atoms with van der Waals surface area (Å²) in [6, 6.07) is 8.23. The van der Waals surface area contributed by atoms with E-state index in [2.05, 4.69) is 53.3 Å². The second-order valence-electron chi connectivity index (χ2n) is 7.71. The van der Waals surface area contributed by atoms with Gasteiger partial charge in [-0.2, -0.15) is 0 Å². The van der Waals surface area contributed by atoms with E-state index in [4.69, 9.17) is 4.74 Å². The van der Waals surface area contributed by atoms with Crippen molar-refractivity contribution in [2.45, 2.75) is 58.0 Å². The summed E-state index contributed by atoms with van der Waals surface area (Å²) in [6.07, 6.45) is 5.00. The standard InChI is InChI=1S/C19H29N5O/c1-19(2,3)24-18(20-21-22-24)17(23-13-9-5-6-10-14-23)15-11-7-8-12-16(15)25-4/h7-8,11-12,17H,5-6,9-10,13-14H2,1-4H3/t17-/m1/s1. The topological polar surface area (TPSA) is 56.1 Å². The number of methoxy groups -OCH3 is 1. The smallest absolute Gasteiger partial charge is 0.173 e. The normalized spacial score (nSPS) is 17.9. The highest BCUT2D eigenvalue weighted by atomic mass is 16.5. The predicted molar refractivity (Wildman–Crippen MR) is 97.7 cm³/mol. The van der Waals surface area contributed by atoms with E-state index >= 15 is 0 Å². The van der Waals surface area contributed by atoms with Crippen LogP contribution in [0.3, 0.4) is 0 Å². The van der Waals surface area contributed by atoms with Gasteiger partial charge in [-0.1, -0.05) is 31.0 Å². The van der Waals surface area contributed by atoms with Gasteiger partial charge in [0.05, 0.1) is 12.6 Å². The lowest BCUT2D eigenvalue weighted by molar-refractivity contribution is 0.205. The molecule has 0 bridgehead atoms. The molecule has 2 heterocycles. The van der Waals surface area contributed by atoms with E-state index in [1.807, 2.05) is 16.8 Å². The average Bonchev–Trinajstić information content (AvgIpc) is 2.93. The third-order valence-corrected chi connectivity index (χ3v) is 4.81. The lowest BCUT2D eigenvalue weighted by Crippen LogP contribution is -2.36. The number of benzene rings is 1. The summed E-state index contributed by atoms with van der Waals surface area (Å²) in [6.45, 7) is 8.51. The van der Waals surface area contributed by atoms with Gasteiger partial charge in [-0.15, -0.1) is 5.10 Å². The van der Waals surface area contributed by atoms with E-state index in [-0.39, 0.29) is 11.6 Å². The van der Waals surface area contributed by atoms with Crippen molar-refractivity contribution in [3.8, 4) is 5.75 Å². The van der Waals surface area contributed by atoms with Crippen LogP contribution in [0, 0.1) is 0 Å². The molecule has 3 rings (SSSR count). The van der Waals surface area contributed by atoms with Gasteiger partial charge in [-0.25, -0.2) is 4.68 Å². The van der Waals surface area contributed by atoms with Crippen LogP contribution in [0.1, 0.15) is 63.9 Å². The van der Waals surface area contributed by atoms with Crippen LogP contribution in [0.4, 0.5) is 0 Å². The fourth-order valence-electron chi connectivity index (χ4n) is 3.59. The molecular weight excluding hydrogens is 314 g/mol. The van der Waals surface area contributed by atoms with Crippen LogP contribution in [-0.2, 0) is 5.54 Å². The van der Waals surface area contributed by atoms with Crippen LogP contribution in [-0.4, -0.2) is 45.3 Å². The number of para-hydroxylation sites is 1. The molecule has 0 unspecified atom stereocenters. The molecule has 1 fully saturated rings. The number of hydrogen-bond donors (Lipinski definition) is 0.